The number of hydrogen-bond acceptors (Lipinski definition) is 4. The lowest BCUT2D eigenvalue weighted by molar-refractivity contribution is -0.0485. The molecular weight excluding hydrogens is 352 g/mol. The molecular formula is C24H28O4. The van der Waals surface area contributed by atoms with Crippen molar-refractivity contribution in [2.24, 2.45) is 5.41 Å². The van der Waals surface area contributed by atoms with Gasteiger partial charge in [-0.05, 0) is 79.8 Å². The summed E-state index contributed by atoms with van der Waals surface area (Å²) in [6.07, 6.45) is 8.45. The van der Waals surface area contributed by atoms with E-state index in [9.17, 15) is 0 Å². The van der Waals surface area contributed by atoms with E-state index in [1.54, 1.807) is 0 Å². The number of hydrogen-bond donors (Lipinski definition) is 2. The molecule has 4 nitrogen and oxygen atoms in total. The molecule has 0 spiro atoms. The van der Waals surface area contributed by atoms with Gasteiger partial charge in [0.25, 0.3) is 0 Å². The number of para-hydroxylation sites is 1. The summed E-state index contributed by atoms with van der Waals surface area (Å²) in [6.45, 7) is 0.591. The Morgan fingerprint density at radius 3 is 2.43 bits per heavy atom. The van der Waals surface area contributed by atoms with E-state index in [4.69, 9.17) is 19.7 Å². The molecule has 4 heteroatoms. The van der Waals surface area contributed by atoms with Crippen molar-refractivity contribution < 1.29 is 19.7 Å². The quantitative estimate of drug-likeness (QED) is 0.502. The van der Waals surface area contributed by atoms with Gasteiger partial charge in [0.05, 0.1) is 12.2 Å². The van der Waals surface area contributed by atoms with Crippen molar-refractivity contribution in [1.29, 1.82) is 0 Å². The molecule has 28 heavy (non-hydrogen) atoms. The van der Waals surface area contributed by atoms with Crippen LogP contribution in [0.25, 0.3) is 0 Å². The van der Waals surface area contributed by atoms with E-state index >= 15 is 0 Å². The highest BCUT2D eigenvalue weighted by molar-refractivity contribution is 5.33. The lowest BCUT2D eigenvalue weighted by Crippen LogP contribution is -2.26. The molecule has 0 unspecified atom stereocenters. The van der Waals surface area contributed by atoms with Gasteiger partial charge in [0.15, 0.2) is 6.29 Å². The first-order valence-electron chi connectivity index (χ1n) is 10.1. The average molecular weight is 380 g/mol. The number of allylic oxidation sites excluding steroid dienone is 1. The molecule has 2 bridgehead atoms. The van der Waals surface area contributed by atoms with Gasteiger partial charge in [0, 0.05) is 0 Å². The zero-order valence-electron chi connectivity index (χ0n) is 16.1. The zero-order valence-corrected chi connectivity index (χ0v) is 16.1. The van der Waals surface area contributed by atoms with Crippen LogP contribution in [-0.2, 0) is 11.3 Å². The monoisotopic (exact) mass is 380 g/mol. The highest BCUT2D eigenvalue weighted by Crippen LogP contribution is 2.60. The highest BCUT2D eigenvalue weighted by Gasteiger charge is 2.54. The van der Waals surface area contributed by atoms with Crippen LogP contribution in [0.15, 0.2) is 66.7 Å². The first-order valence-corrected chi connectivity index (χ1v) is 10.1. The first-order chi connectivity index (χ1) is 13.6. The Hall–Kier alpha value is -2.14. The SMILES string of the molecule is OC(O)/C=C/CC12CCC(OCc3cccc(Oc4ccccc4)c3)(CC1)C2. The summed E-state index contributed by atoms with van der Waals surface area (Å²) in [5.74, 6) is 1.65. The van der Waals surface area contributed by atoms with Crippen LogP contribution in [0.3, 0.4) is 0 Å². The minimum absolute atomic E-state index is 0.0258. The molecule has 0 radical (unpaired) electrons. The number of aliphatic hydroxyl groups excluding tert-OH is 1. The van der Waals surface area contributed by atoms with E-state index in [2.05, 4.69) is 6.07 Å². The maximum Gasteiger partial charge on any atom is 0.171 e. The average Bonchev–Trinajstić information content (AvgIpc) is 3.24. The van der Waals surface area contributed by atoms with E-state index in [0.29, 0.717) is 6.61 Å². The highest BCUT2D eigenvalue weighted by atomic mass is 16.5. The fourth-order valence-corrected chi connectivity index (χ4v) is 4.74. The molecule has 4 rings (SSSR count). The number of ether oxygens (including phenoxy) is 2. The van der Waals surface area contributed by atoms with E-state index in [0.717, 1.165) is 55.6 Å². The minimum Gasteiger partial charge on any atom is -0.457 e. The summed E-state index contributed by atoms with van der Waals surface area (Å²) in [5.41, 5.74) is 1.36. The predicted molar refractivity (Wildman–Crippen MR) is 108 cm³/mol. The summed E-state index contributed by atoms with van der Waals surface area (Å²) >= 11 is 0. The Balaban J connectivity index is 1.35. The molecule has 0 saturated heterocycles. The fraction of sp³-hybridized carbons (Fsp3) is 0.417. The molecule has 2 aliphatic carbocycles. The summed E-state index contributed by atoms with van der Waals surface area (Å²) in [7, 11) is 0. The lowest BCUT2D eigenvalue weighted by Gasteiger charge is -2.27. The summed E-state index contributed by atoms with van der Waals surface area (Å²) in [6, 6.07) is 17.9. The van der Waals surface area contributed by atoms with Crippen LogP contribution >= 0.6 is 0 Å². The van der Waals surface area contributed by atoms with E-state index < -0.39 is 6.29 Å². The molecule has 2 N–H and O–H groups in total. The van der Waals surface area contributed by atoms with Crippen LogP contribution in [0, 0.1) is 5.41 Å². The third-order valence-corrected chi connectivity index (χ3v) is 6.20. The van der Waals surface area contributed by atoms with Crippen molar-refractivity contribution in [3.05, 3.63) is 72.3 Å². The molecule has 2 aromatic rings. The zero-order chi connectivity index (χ0) is 19.5. The largest absolute Gasteiger partial charge is 0.457 e. The first kappa shape index (κ1) is 19.2. The van der Waals surface area contributed by atoms with Crippen LogP contribution < -0.4 is 4.74 Å². The van der Waals surface area contributed by atoms with Crippen molar-refractivity contribution in [3.8, 4) is 11.5 Å². The van der Waals surface area contributed by atoms with Crippen molar-refractivity contribution >= 4 is 0 Å². The lowest BCUT2D eigenvalue weighted by atomic mass is 9.81. The van der Waals surface area contributed by atoms with Crippen LogP contribution in [0.1, 0.15) is 44.1 Å². The molecule has 2 fully saturated rings. The second-order valence-corrected chi connectivity index (χ2v) is 8.26. The number of rotatable bonds is 8. The number of aliphatic hydroxyl groups is 2. The van der Waals surface area contributed by atoms with E-state index in [1.165, 1.54) is 6.08 Å². The normalized spacial score (nSPS) is 26.4. The van der Waals surface area contributed by atoms with Crippen molar-refractivity contribution in [2.45, 2.75) is 57.0 Å². The van der Waals surface area contributed by atoms with E-state index in [-0.39, 0.29) is 11.0 Å². The van der Waals surface area contributed by atoms with Crippen LogP contribution in [0.2, 0.25) is 0 Å². The van der Waals surface area contributed by atoms with Gasteiger partial charge in [0.1, 0.15) is 11.5 Å². The fourth-order valence-electron chi connectivity index (χ4n) is 4.74. The smallest absolute Gasteiger partial charge is 0.171 e. The maximum absolute atomic E-state index is 9.00. The van der Waals surface area contributed by atoms with Crippen molar-refractivity contribution in [1.82, 2.24) is 0 Å². The second kappa shape index (κ2) is 8.08. The van der Waals surface area contributed by atoms with E-state index in [1.807, 2.05) is 54.6 Å². The predicted octanol–water partition coefficient (Wildman–Crippen LogP) is 4.96. The Kier molecular flexibility index (Phi) is 5.54. The van der Waals surface area contributed by atoms with Gasteiger partial charge in [-0.25, -0.2) is 0 Å². The Bertz CT molecular complexity index is 804. The summed E-state index contributed by atoms with van der Waals surface area (Å²) in [4.78, 5) is 0. The third kappa shape index (κ3) is 4.46. The Morgan fingerprint density at radius 2 is 1.68 bits per heavy atom. The van der Waals surface area contributed by atoms with Crippen LogP contribution in [0.5, 0.6) is 11.5 Å². The Labute approximate surface area is 166 Å². The Morgan fingerprint density at radius 1 is 0.929 bits per heavy atom. The molecule has 0 atom stereocenters. The molecule has 0 amide bonds. The summed E-state index contributed by atoms with van der Waals surface area (Å²) < 4.78 is 12.4. The third-order valence-electron chi connectivity index (χ3n) is 6.20. The van der Waals surface area contributed by atoms with Crippen molar-refractivity contribution in [3.63, 3.8) is 0 Å². The van der Waals surface area contributed by atoms with Crippen LogP contribution in [-0.4, -0.2) is 22.1 Å². The van der Waals surface area contributed by atoms with Gasteiger partial charge >= 0.3 is 0 Å². The van der Waals surface area contributed by atoms with Gasteiger partial charge in [0.2, 0.25) is 0 Å². The number of benzene rings is 2. The molecule has 0 aliphatic heterocycles. The van der Waals surface area contributed by atoms with Crippen molar-refractivity contribution in [2.75, 3.05) is 0 Å². The molecule has 148 valence electrons. The maximum atomic E-state index is 9.00. The minimum atomic E-state index is -1.36. The van der Waals surface area contributed by atoms with Gasteiger partial charge in [-0.3, -0.25) is 0 Å². The standard InChI is InChI=1S/C24H28O4/c25-22(26)10-5-11-23-12-14-24(18-23,15-13-23)27-17-19-6-4-9-21(16-19)28-20-7-2-1-3-8-20/h1-10,16,22,25-26H,11-15,17-18H2/b10-5+. The molecule has 0 heterocycles. The van der Waals surface area contributed by atoms with Gasteiger partial charge in [-0.2, -0.15) is 0 Å². The molecule has 2 saturated carbocycles. The second-order valence-electron chi connectivity index (χ2n) is 8.26. The molecule has 2 aromatic carbocycles. The van der Waals surface area contributed by atoms with Crippen LogP contribution in [0.4, 0.5) is 0 Å². The van der Waals surface area contributed by atoms with Gasteiger partial charge in [-0.15, -0.1) is 0 Å². The topological polar surface area (TPSA) is 58.9 Å². The molecule has 0 aromatic heterocycles. The molecule has 2 aliphatic rings. The summed E-state index contributed by atoms with van der Waals surface area (Å²) in [5, 5.41) is 18.0. The van der Waals surface area contributed by atoms with Gasteiger partial charge in [-0.1, -0.05) is 36.4 Å². The number of fused-ring (bicyclic) bond motifs is 2. The van der Waals surface area contributed by atoms with Gasteiger partial charge < -0.3 is 19.7 Å².